The van der Waals surface area contributed by atoms with Gasteiger partial charge in [-0.25, -0.2) is 0 Å². The van der Waals surface area contributed by atoms with Crippen LogP contribution in [0.1, 0.15) is 0 Å². The first-order valence-corrected chi connectivity index (χ1v) is 12.6. The van der Waals surface area contributed by atoms with Crippen LogP contribution in [0.25, 0.3) is 20.2 Å². The summed E-state index contributed by atoms with van der Waals surface area (Å²) < 4.78 is 15.5. The van der Waals surface area contributed by atoms with Crippen molar-refractivity contribution in [3.63, 3.8) is 0 Å². The lowest BCUT2D eigenvalue weighted by Crippen LogP contribution is -2.61. The summed E-state index contributed by atoms with van der Waals surface area (Å²) in [5.41, 5.74) is 7.09. The Morgan fingerprint density at radius 3 is 1.77 bits per heavy atom. The number of hydrogen-bond acceptors (Lipinski definition) is 4. The van der Waals surface area contributed by atoms with Crippen molar-refractivity contribution in [1.29, 1.82) is 0 Å². The van der Waals surface area contributed by atoms with E-state index in [-0.39, 0.29) is 6.71 Å². The van der Waals surface area contributed by atoms with Gasteiger partial charge < -0.3 is 14.4 Å². The molecule has 0 aliphatic carbocycles. The molecule has 5 heteroatoms. The molecule has 0 bridgehead atoms. The Labute approximate surface area is 205 Å². The minimum atomic E-state index is 0.0963. The van der Waals surface area contributed by atoms with E-state index in [4.69, 9.17) is 9.47 Å². The Bertz CT molecular complexity index is 1820. The molecule has 0 saturated carbocycles. The van der Waals surface area contributed by atoms with Crippen LogP contribution in [0.4, 0.5) is 17.1 Å². The van der Waals surface area contributed by atoms with E-state index in [2.05, 4.69) is 95.9 Å². The summed E-state index contributed by atoms with van der Waals surface area (Å²) in [6.07, 6.45) is 0. The van der Waals surface area contributed by atoms with E-state index in [1.54, 1.807) is 0 Å². The lowest BCUT2D eigenvalue weighted by molar-refractivity contribution is 0.464. The second kappa shape index (κ2) is 6.26. The van der Waals surface area contributed by atoms with Gasteiger partial charge in [-0.15, -0.1) is 11.3 Å². The summed E-state index contributed by atoms with van der Waals surface area (Å²) in [5, 5.41) is 2.60. The van der Waals surface area contributed by atoms with E-state index in [1.165, 1.54) is 48.2 Å². The SMILES string of the molecule is c1cc2c3c(c1)Oc1cccc4c1B3c1c(cccc1N4c1cccc3c1sc1ccccc13)O2. The normalized spacial score (nSPS) is 14.1. The Balaban J connectivity index is 1.41. The average molecular weight is 465 g/mol. The van der Waals surface area contributed by atoms with Crippen LogP contribution in [0.2, 0.25) is 0 Å². The topological polar surface area (TPSA) is 21.7 Å². The summed E-state index contributed by atoms with van der Waals surface area (Å²) in [5.74, 6) is 3.62. The average Bonchev–Trinajstić information content (AvgIpc) is 3.28. The maximum Gasteiger partial charge on any atom is 0.266 e. The van der Waals surface area contributed by atoms with Crippen molar-refractivity contribution in [3.8, 4) is 23.0 Å². The fraction of sp³-hybridized carbons (Fsp3) is 0. The van der Waals surface area contributed by atoms with E-state index < -0.39 is 0 Å². The van der Waals surface area contributed by atoms with Crippen molar-refractivity contribution in [2.75, 3.05) is 4.90 Å². The largest absolute Gasteiger partial charge is 0.458 e. The minimum absolute atomic E-state index is 0.0963. The van der Waals surface area contributed by atoms with Crippen LogP contribution in [0.15, 0.2) is 97.1 Å². The van der Waals surface area contributed by atoms with Crippen LogP contribution in [0, 0.1) is 0 Å². The Kier molecular flexibility index (Phi) is 3.25. The van der Waals surface area contributed by atoms with E-state index in [0.717, 1.165) is 28.5 Å². The number of hydrogen-bond donors (Lipinski definition) is 0. The number of rotatable bonds is 1. The van der Waals surface area contributed by atoms with Gasteiger partial charge in [0.15, 0.2) is 0 Å². The van der Waals surface area contributed by atoms with Gasteiger partial charge in [-0.2, -0.15) is 0 Å². The molecule has 0 amide bonds. The lowest BCUT2D eigenvalue weighted by atomic mass is 9.33. The molecule has 0 saturated heterocycles. The van der Waals surface area contributed by atoms with E-state index in [9.17, 15) is 0 Å². The first kappa shape index (κ1) is 18.2. The van der Waals surface area contributed by atoms with Crippen LogP contribution in [-0.4, -0.2) is 6.71 Å². The van der Waals surface area contributed by atoms with E-state index in [0.29, 0.717) is 0 Å². The lowest BCUT2D eigenvalue weighted by Gasteiger charge is -2.42. The number of anilines is 3. The zero-order valence-corrected chi connectivity index (χ0v) is 19.3. The summed E-state index contributed by atoms with van der Waals surface area (Å²) in [4.78, 5) is 2.41. The molecular formula is C30H16BNO2S. The summed E-state index contributed by atoms with van der Waals surface area (Å²) >= 11 is 1.86. The highest BCUT2D eigenvalue weighted by Crippen LogP contribution is 2.48. The van der Waals surface area contributed by atoms with Crippen molar-refractivity contribution in [1.82, 2.24) is 0 Å². The number of nitrogens with zero attached hydrogens (tertiary/aromatic N) is 1. The maximum absolute atomic E-state index is 6.46. The molecule has 6 aromatic rings. The highest BCUT2D eigenvalue weighted by atomic mass is 32.1. The second-order valence-electron chi connectivity index (χ2n) is 9.27. The van der Waals surface area contributed by atoms with Gasteiger partial charge >= 0.3 is 0 Å². The predicted octanol–water partition coefficient (Wildman–Crippen LogP) is 6.57. The molecule has 3 aliphatic rings. The molecule has 0 N–H and O–H groups in total. The third-order valence-electron chi connectivity index (χ3n) is 7.52. The molecule has 0 spiro atoms. The van der Waals surface area contributed by atoms with Crippen molar-refractivity contribution < 1.29 is 9.47 Å². The van der Waals surface area contributed by atoms with Gasteiger partial charge in [0.1, 0.15) is 23.0 Å². The molecule has 0 atom stereocenters. The van der Waals surface area contributed by atoms with Crippen LogP contribution in [0.3, 0.4) is 0 Å². The van der Waals surface area contributed by atoms with Crippen molar-refractivity contribution >= 4 is 71.7 Å². The number of fused-ring (bicyclic) bond motifs is 3. The summed E-state index contributed by atoms with van der Waals surface area (Å²) in [7, 11) is 0. The molecule has 3 aliphatic heterocycles. The summed E-state index contributed by atoms with van der Waals surface area (Å²) in [6.45, 7) is 0.0963. The zero-order chi connectivity index (χ0) is 22.7. The molecule has 4 heterocycles. The molecule has 9 rings (SSSR count). The van der Waals surface area contributed by atoms with Crippen molar-refractivity contribution in [3.05, 3.63) is 97.1 Å². The van der Waals surface area contributed by atoms with Gasteiger partial charge in [-0.1, -0.05) is 48.5 Å². The Morgan fingerprint density at radius 2 is 1.06 bits per heavy atom. The van der Waals surface area contributed by atoms with Gasteiger partial charge in [0, 0.05) is 32.3 Å². The monoisotopic (exact) mass is 465 g/mol. The molecule has 5 aromatic carbocycles. The zero-order valence-electron chi connectivity index (χ0n) is 18.5. The standard InChI is InChI=1S/C30H16BNO2S/c1-2-16-26-17(7-1)18-8-3-11-21(30(18)35-26)32-19-9-4-12-22-27(19)31-28-20(32)10-5-13-23(28)34-25-15-6-14-24(33-22)29(25)31/h1-16H. The first-order chi connectivity index (χ1) is 17.4. The van der Waals surface area contributed by atoms with E-state index >= 15 is 0 Å². The molecule has 35 heavy (non-hydrogen) atoms. The molecule has 3 nitrogen and oxygen atoms in total. The first-order valence-electron chi connectivity index (χ1n) is 11.8. The third kappa shape index (κ3) is 2.18. The van der Waals surface area contributed by atoms with Gasteiger partial charge in [0.05, 0.1) is 10.4 Å². The summed E-state index contributed by atoms with van der Waals surface area (Å²) in [6, 6.07) is 34.3. The highest BCUT2D eigenvalue weighted by molar-refractivity contribution is 7.26. The molecule has 1 aromatic heterocycles. The minimum Gasteiger partial charge on any atom is -0.458 e. The van der Waals surface area contributed by atoms with Crippen LogP contribution < -0.4 is 30.8 Å². The molecule has 162 valence electrons. The Morgan fingerprint density at radius 1 is 0.514 bits per heavy atom. The van der Waals surface area contributed by atoms with Crippen molar-refractivity contribution in [2.45, 2.75) is 0 Å². The van der Waals surface area contributed by atoms with E-state index in [1.807, 2.05) is 17.4 Å². The van der Waals surface area contributed by atoms with Crippen LogP contribution >= 0.6 is 11.3 Å². The van der Waals surface area contributed by atoms with Gasteiger partial charge in [0.25, 0.3) is 6.71 Å². The molecule has 0 fully saturated rings. The fourth-order valence-corrected chi connectivity index (χ4v) is 7.37. The quantitative estimate of drug-likeness (QED) is 0.256. The molecule has 0 unspecified atom stereocenters. The number of ether oxygens (including phenoxy) is 2. The second-order valence-corrected chi connectivity index (χ2v) is 10.3. The Hall–Kier alpha value is -4.22. The molecule has 0 radical (unpaired) electrons. The fourth-order valence-electron chi connectivity index (χ4n) is 6.17. The highest BCUT2D eigenvalue weighted by Gasteiger charge is 2.47. The number of thiophene rings is 1. The van der Waals surface area contributed by atoms with Crippen LogP contribution in [-0.2, 0) is 0 Å². The van der Waals surface area contributed by atoms with Gasteiger partial charge in [-0.3, -0.25) is 0 Å². The van der Waals surface area contributed by atoms with Crippen molar-refractivity contribution in [2.24, 2.45) is 0 Å². The third-order valence-corrected chi connectivity index (χ3v) is 8.73. The van der Waals surface area contributed by atoms with Crippen LogP contribution in [0.5, 0.6) is 23.0 Å². The van der Waals surface area contributed by atoms with Gasteiger partial charge in [-0.05, 0) is 59.5 Å². The predicted molar refractivity (Wildman–Crippen MR) is 145 cm³/mol. The molecular weight excluding hydrogens is 449 g/mol. The van der Waals surface area contributed by atoms with Gasteiger partial charge in [0.2, 0.25) is 0 Å². The number of benzene rings is 5. The smallest absolute Gasteiger partial charge is 0.266 e. The maximum atomic E-state index is 6.46.